The van der Waals surface area contributed by atoms with Crippen LogP contribution in [0.5, 0.6) is 0 Å². The highest BCUT2D eigenvalue weighted by atomic mass is 16.5. The van der Waals surface area contributed by atoms with Crippen LogP contribution in [0.1, 0.15) is 28.8 Å². The maximum Gasteiger partial charge on any atom is 0.358 e. The highest BCUT2D eigenvalue weighted by Crippen LogP contribution is 2.10. The van der Waals surface area contributed by atoms with Gasteiger partial charge in [-0.1, -0.05) is 0 Å². The number of imidazole rings is 1. The molecular weight excluding hydrogens is 206 g/mol. The maximum absolute atomic E-state index is 11.5. The van der Waals surface area contributed by atoms with Crippen molar-refractivity contribution < 1.29 is 9.53 Å². The lowest BCUT2D eigenvalue weighted by molar-refractivity contribution is 0.0520. The molecule has 84 valence electrons. The number of aromatic nitrogens is 3. The van der Waals surface area contributed by atoms with Gasteiger partial charge in [-0.25, -0.2) is 9.78 Å². The lowest BCUT2D eigenvalue weighted by Crippen LogP contribution is -2.04. The van der Waals surface area contributed by atoms with E-state index >= 15 is 0 Å². The van der Waals surface area contributed by atoms with Gasteiger partial charge in [0.15, 0.2) is 11.3 Å². The van der Waals surface area contributed by atoms with Crippen molar-refractivity contribution in [2.45, 2.75) is 20.8 Å². The van der Waals surface area contributed by atoms with Crippen molar-refractivity contribution in [2.75, 3.05) is 6.61 Å². The monoisotopic (exact) mass is 219 g/mol. The van der Waals surface area contributed by atoms with Gasteiger partial charge in [0.2, 0.25) is 0 Å². The molecule has 5 nitrogen and oxygen atoms in total. The summed E-state index contributed by atoms with van der Waals surface area (Å²) in [5, 5.41) is 0. The Morgan fingerprint density at radius 2 is 2.25 bits per heavy atom. The van der Waals surface area contributed by atoms with Gasteiger partial charge in [0.25, 0.3) is 0 Å². The Labute approximate surface area is 93.1 Å². The molecule has 2 aromatic rings. The molecule has 0 aliphatic rings. The third-order valence-electron chi connectivity index (χ3n) is 2.48. The second kappa shape index (κ2) is 3.92. The minimum absolute atomic E-state index is 0.317. The van der Waals surface area contributed by atoms with Crippen LogP contribution < -0.4 is 0 Å². The zero-order valence-corrected chi connectivity index (χ0v) is 9.52. The normalized spacial score (nSPS) is 10.7. The standard InChI is InChI=1S/C11H13N3O2/c1-4-16-11(15)9-6-14-8(3)7(2)12-5-10(14)13-9/h5-6H,4H2,1-3H3. The fraction of sp³-hybridized carbons (Fsp3) is 0.364. The number of nitrogens with zero attached hydrogens (tertiary/aromatic N) is 3. The van der Waals surface area contributed by atoms with E-state index in [4.69, 9.17) is 4.74 Å². The average Bonchev–Trinajstić information content (AvgIpc) is 2.69. The molecule has 0 amide bonds. The van der Waals surface area contributed by atoms with Gasteiger partial charge in [0, 0.05) is 11.9 Å². The molecule has 0 saturated heterocycles. The molecule has 0 radical (unpaired) electrons. The molecule has 0 atom stereocenters. The summed E-state index contributed by atoms with van der Waals surface area (Å²) in [5.41, 5.74) is 2.87. The first kappa shape index (κ1) is 10.6. The summed E-state index contributed by atoms with van der Waals surface area (Å²) in [6.07, 6.45) is 3.32. The summed E-state index contributed by atoms with van der Waals surface area (Å²) in [4.78, 5) is 19.8. The van der Waals surface area contributed by atoms with E-state index in [0.29, 0.717) is 17.9 Å². The van der Waals surface area contributed by atoms with Gasteiger partial charge in [-0.2, -0.15) is 0 Å². The topological polar surface area (TPSA) is 56.5 Å². The summed E-state index contributed by atoms with van der Waals surface area (Å²) in [5.74, 6) is -0.400. The summed E-state index contributed by atoms with van der Waals surface area (Å²) in [6.45, 7) is 5.97. The maximum atomic E-state index is 11.5. The molecule has 0 bridgehead atoms. The molecule has 0 aliphatic carbocycles. The lowest BCUT2D eigenvalue weighted by atomic mass is 10.3. The molecule has 2 aromatic heterocycles. The smallest absolute Gasteiger partial charge is 0.358 e. The number of rotatable bonds is 2. The summed E-state index contributed by atoms with van der Waals surface area (Å²) >= 11 is 0. The van der Waals surface area contributed by atoms with Crippen LogP contribution in [-0.4, -0.2) is 26.9 Å². The van der Waals surface area contributed by atoms with Crippen LogP contribution in [0.2, 0.25) is 0 Å². The zero-order chi connectivity index (χ0) is 11.7. The van der Waals surface area contributed by atoms with Gasteiger partial charge in [-0.05, 0) is 20.8 Å². The SMILES string of the molecule is CCOC(=O)c1cn2c(C)c(C)ncc2n1. The number of hydrogen-bond donors (Lipinski definition) is 0. The first-order chi connectivity index (χ1) is 7.63. The van der Waals surface area contributed by atoms with Crippen molar-refractivity contribution in [1.82, 2.24) is 14.4 Å². The van der Waals surface area contributed by atoms with Gasteiger partial charge in [0.05, 0.1) is 18.5 Å². The molecule has 5 heteroatoms. The summed E-state index contributed by atoms with van der Waals surface area (Å²) in [7, 11) is 0. The quantitative estimate of drug-likeness (QED) is 0.718. The highest BCUT2D eigenvalue weighted by molar-refractivity contribution is 5.87. The molecule has 0 spiro atoms. The van der Waals surface area contributed by atoms with Crippen LogP contribution in [0.3, 0.4) is 0 Å². The predicted octanol–water partition coefficient (Wildman–Crippen LogP) is 1.52. The molecule has 0 unspecified atom stereocenters. The number of fused-ring (bicyclic) bond motifs is 1. The number of hydrogen-bond acceptors (Lipinski definition) is 4. The minimum Gasteiger partial charge on any atom is -0.461 e. The van der Waals surface area contributed by atoms with E-state index in [2.05, 4.69) is 9.97 Å². The fourth-order valence-electron chi connectivity index (χ4n) is 1.48. The molecule has 0 aromatic carbocycles. The van der Waals surface area contributed by atoms with Gasteiger partial charge < -0.3 is 9.14 Å². The molecular formula is C11H13N3O2. The minimum atomic E-state index is -0.400. The van der Waals surface area contributed by atoms with Crippen molar-refractivity contribution in [1.29, 1.82) is 0 Å². The van der Waals surface area contributed by atoms with Crippen molar-refractivity contribution in [2.24, 2.45) is 0 Å². The lowest BCUT2D eigenvalue weighted by Gasteiger charge is -2.00. The zero-order valence-electron chi connectivity index (χ0n) is 9.52. The van der Waals surface area contributed by atoms with Crippen LogP contribution in [0.25, 0.3) is 5.65 Å². The molecule has 0 aliphatic heterocycles. The van der Waals surface area contributed by atoms with Gasteiger partial charge >= 0.3 is 5.97 Å². The first-order valence-electron chi connectivity index (χ1n) is 5.12. The molecule has 2 heterocycles. The Morgan fingerprint density at radius 1 is 1.50 bits per heavy atom. The average molecular weight is 219 g/mol. The van der Waals surface area contributed by atoms with Gasteiger partial charge in [0.1, 0.15) is 0 Å². The fourth-order valence-corrected chi connectivity index (χ4v) is 1.48. The van der Waals surface area contributed by atoms with E-state index in [9.17, 15) is 4.79 Å². The Balaban J connectivity index is 2.52. The summed E-state index contributed by atoms with van der Waals surface area (Å²) in [6, 6.07) is 0. The Morgan fingerprint density at radius 3 is 2.94 bits per heavy atom. The van der Waals surface area contributed by atoms with E-state index in [1.807, 2.05) is 18.2 Å². The van der Waals surface area contributed by atoms with E-state index in [0.717, 1.165) is 11.4 Å². The van der Waals surface area contributed by atoms with Crippen molar-refractivity contribution in [3.63, 3.8) is 0 Å². The second-order valence-electron chi connectivity index (χ2n) is 3.50. The Kier molecular flexibility index (Phi) is 2.60. The molecule has 16 heavy (non-hydrogen) atoms. The van der Waals surface area contributed by atoms with Crippen LogP contribution in [0.4, 0.5) is 0 Å². The van der Waals surface area contributed by atoms with E-state index in [1.54, 1.807) is 19.3 Å². The number of carbonyl (C=O) groups is 1. The van der Waals surface area contributed by atoms with Crippen LogP contribution in [0.15, 0.2) is 12.4 Å². The highest BCUT2D eigenvalue weighted by Gasteiger charge is 2.13. The van der Waals surface area contributed by atoms with E-state index < -0.39 is 5.97 Å². The third kappa shape index (κ3) is 1.64. The molecule has 0 saturated carbocycles. The number of carbonyl (C=O) groups excluding carboxylic acids is 1. The Hall–Kier alpha value is -1.91. The first-order valence-corrected chi connectivity index (χ1v) is 5.12. The van der Waals surface area contributed by atoms with Crippen LogP contribution >= 0.6 is 0 Å². The number of ether oxygens (including phenoxy) is 1. The molecule has 0 N–H and O–H groups in total. The van der Waals surface area contributed by atoms with E-state index in [1.165, 1.54) is 0 Å². The van der Waals surface area contributed by atoms with Gasteiger partial charge in [-0.3, -0.25) is 4.98 Å². The van der Waals surface area contributed by atoms with Crippen molar-refractivity contribution >= 4 is 11.6 Å². The molecule has 2 rings (SSSR count). The van der Waals surface area contributed by atoms with Crippen LogP contribution in [-0.2, 0) is 4.74 Å². The number of aryl methyl sites for hydroxylation is 2. The predicted molar refractivity (Wildman–Crippen MR) is 58.4 cm³/mol. The van der Waals surface area contributed by atoms with Crippen LogP contribution in [0, 0.1) is 13.8 Å². The second-order valence-corrected chi connectivity index (χ2v) is 3.50. The largest absolute Gasteiger partial charge is 0.461 e. The number of esters is 1. The Bertz CT molecular complexity index is 545. The van der Waals surface area contributed by atoms with Crippen molar-refractivity contribution in [3.05, 3.63) is 29.5 Å². The molecule has 0 fully saturated rings. The van der Waals surface area contributed by atoms with Crippen molar-refractivity contribution in [3.8, 4) is 0 Å². The third-order valence-corrected chi connectivity index (χ3v) is 2.48. The summed E-state index contributed by atoms with van der Waals surface area (Å²) < 4.78 is 6.73. The van der Waals surface area contributed by atoms with E-state index in [-0.39, 0.29) is 0 Å². The van der Waals surface area contributed by atoms with Gasteiger partial charge in [-0.15, -0.1) is 0 Å².